The van der Waals surface area contributed by atoms with Gasteiger partial charge in [-0.3, -0.25) is 4.98 Å². The summed E-state index contributed by atoms with van der Waals surface area (Å²) in [4.78, 5) is 4.08. The zero-order chi connectivity index (χ0) is 18.2. The molecule has 0 aliphatic carbocycles. The number of hydrogen-bond donors (Lipinski definition) is 1. The molecule has 1 aromatic heterocycles. The molecule has 0 unspecified atom stereocenters. The van der Waals surface area contributed by atoms with Crippen LogP contribution in [0.2, 0.25) is 5.02 Å². The number of ether oxygens (including phenoxy) is 2. The SMILES string of the molecule is COc1cc(CNCc2ccccc2)cc(Cl)c1OCc1cccnc1.[Cl-].[Cl-]. The van der Waals surface area contributed by atoms with E-state index in [1.165, 1.54) is 5.56 Å². The van der Waals surface area contributed by atoms with E-state index in [0.29, 0.717) is 29.7 Å². The molecule has 0 spiro atoms. The first-order valence-corrected chi connectivity index (χ1v) is 8.77. The Morgan fingerprint density at radius 1 is 0.929 bits per heavy atom. The monoisotopic (exact) mass is 438 g/mol. The number of benzene rings is 2. The maximum absolute atomic E-state index is 6.43. The molecule has 0 saturated heterocycles. The Bertz CT molecular complexity index is 834. The number of halogens is 3. The summed E-state index contributed by atoms with van der Waals surface area (Å²) in [6, 6.07) is 17.9. The topological polar surface area (TPSA) is 43.4 Å². The third kappa shape index (κ3) is 6.88. The van der Waals surface area contributed by atoms with Crippen LogP contribution in [0.3, 0.4) is 0 Å². The molecule has 0 atom stereocenters. The second-order valence-corrected chi connectivity index (χ2v) is 6.26. The molecular formula is C21H21Cl3N2O2-2. The predicted octanol–water partition coefficient (Wildman–Crippen LogP) is -1.38. The summed E-state index contributed by atoms with van der Waals surface area (Å²) >= 11 is 6.43. The van der Waals surface area contributed by atoms with Crippen LogP contribution in [-0.4, -0.2) is 12.1 Å². The molecular weight excluding hydrogens is 419 g/mol. The number of nitrogens with one attached hydrogen (secondary N) is 1. The fourth-order valence-corrected chi connectivity index (χ4v) is 2.89. The van der Waals surface area contributed by atoms with Crippen molar-refractivity contribution in [2.45, 2.75) is 19.7 Å². The molecule has 1 heterocycles. The Morgan fingerprint density at radius 2 is 1.64 bits per heavy atom. The van der Waals surface area contributed by atoms with Crippen molar-refractivity contribution in [3.63, 3.8) is 0 Å². The van der Waals surface area contributed by atoms with Gasteiger partial charge in [-0.25, -0.2) is 0 Å². The summed E-state index contributed by atoms with van der Waals surface area (Å²) in [6.45, 7) is 1.86. The third-order valence-electron chi connectivity index (χ3n) is 3.90. The maximum atomic E-state index is 6.43. The average molecular weight is 440 g/mol. The maximum Gasteiger partial charge on any atom is 0.180 e. The van der Waals surface area contributed by atoms with Crippen molar-refractivity contribution in [2.24, 2.45) is 0 Å². The number of pyridine rings is 1. The van der Waals surface area contributed by atoms with Crippen LogP contribution in [-0.2, 0) is 19.7 Å². The molecule has 150 valence electrons. The van der Waals surface area contributed by atoms with Crippen LogP contribution < -0.4 is 39.6 Å². The van der Waals surface area contributed by atoms with Crippen LogP contribution in [0.15, 0.2) is 67.0 Å². The van der Waals surface area contributed by atoms with Crippen molar-refractivity contribution >= 4 is 11.6 Å². The Labute approximate surface area is 183 Å². The lowest BCUT2D eigenvalue weighted by Gasteiger charge is -2.14. The van der Waals surface area contributed by atoms with Crippen molar-refractivity contribution in [3.8, 4) is 11.5 Å². The minimum absolute atomic E-state index is 0. The van der Waals surface area contributed by atoms with Crippen molar-refractivity contribution < 1.29 is 34.3 Å². The van der Waals surface area contributed by atoms with Crippen LogP contribution in [0.1, 0.15) is 16.7 Å². The van der Waals surface area contributed by atoms with Gasteiger partial charge >= 0.3 is 0 Å². The van der Waals surface area contributed by atoms with Crippen molar-refractivity contribution in [2.75, 3.05) is 7.11 Å². The van der Waals surface area contributed by atoms with Gasteiger partial charge in [0.2, 0.25) is 0 Å². The number of aromatic nitrogens is 1. The van der Waals surface area contributed by atoms with Gasteiger partial charge in [0.25, 0.3) is 0 Å². The van der Waals surface area contributed by atoms with Gasteiger partial charge in [0, 0.05) is 31.0 Å². The summed E-state index contributed by atoms with van der Waals surface area (Å²) in [6.07, 6.45) is 3.50. The highest BCUT2D eigenvalue weighted by atomic mass is 35.5. The first kappa shape index (κ1) is 24.1. The van der Waals surface area contributed by atoms with Gasteiger partial charge in [-0.2, -0.15) is 0 Å². The van der Waals surface area contributed by atoms with E-state index in [2.05, 4.69) is 22.4 Å². The minimum atomic E-state index is 0. The lowest BCUT2D eigenvalue weighted by molar-refractivity contribution is -0.001000. The van der Waals surface area contributed by atoms with Crippen molar-refractivity contribution in [3.05, 3.63) is 88.7 Å². The fraction of sp³-hybridized carbons (Fsp3) is 0.190. The summed E-state index contributed by atoms with van der Waals surface area (Å²) in [5, 5.41) is 3.94. The first-order chi connectivity index (χ1) is 12.8. The molecule has 3 rings (SSSR count). The van der Waals surface area contributed by atoms with Crippen LogP contribution in [0, 0.1) is 0 Å². The zero-order valence-electron chi connectivity index (χ0n) is 15.4. The van der Waals surface area contributed by atoms with Crippen LogP contribution in [0.4, 0.5) is 0 Å². The highest BCUT2D eigenvalue weighted by Gasteiger charge is 2.12. The molecule has 0 amide bonds. The van der Waals surface area contributed by atoms with Gasteiger partial charge in [0.1, 0.15) is 6.61 Å². The van der Waals surface area contributed by atoms with E-state index in [-0.39, 0.29) is 24.8 Å². The van der Waals surface area contributed by atoms with Crippen molar-refractivity contribution in [1.82, 2.24) is 10.3 Å². The van der Waals surface area contributed by atoms with E-state index in [1.54, 1.807) is 19.5 Å². The number of hydrogen-bond acceptors (Lipinski definition) is 4. The van der Waals surface area contributed by atoms with Crippen molar-refractivity contribution in [1.29, 1.82) is 0 Å². The van der Waals surface area contributed by atoms with Crippen LogP contribution >= 0.6 is 11.6 Å². The summed E-state index contributed by atoms with van der Waals surface area (Å²) in [5.74, 6) is 1.17. The van der Waals surface area contributed by atoms with Crippen LogP contribution in [0.25, 0.3) is 0 Å². The summed E-state index contributed by atoms with van der Waals surface area (Å²) in [7, 11) is 1.61. The Kier molecular flexibility index (Phi) is 10.7. The molecule has 0 fully saturated rings. The number of methoxy groups -OCH3 is 1. The molecule has 0 saturated carbocycles. The van der Waals surface area contributed by atoms with E-state index in [9.17, 15) is 0 Å². The summed E-state index contributed by atoms with van der Waals surface area (Å²) in [5.41, 5.74) is 3.25. The average Bonchev–Trinajstić information content (AvgIpc) is 2.68. The first-order valence-electron chi connectivity index (χ1n) is 8.39. The smallest absolute Gasteiger partial charge is 0.180 e. The van der Waals surface area contributed by atoms with E-state index in [4.69, 9.17) is 21.1 Å². The third-order valence-corrected chi connectivity index (χ3v) is 4.18. The standard InChI is InChI=1S/C21H21ClN2O2.2ClH/c1-25-20-11-18(14-24-12-16-6-3-2-4-7-16)10-19(22)21(20)26-15-17-8-5-9-23-13-17;;/h2-11,13,24H,12,14-15H2,1H3;2*1H/p-2. The molecule has 0 aliphatic rings. The van der Waals surface area contributed by atoms with Gasteiger partial charge in [0.15, 0.2) is 11.5 Å². The molecule has 3 aromatic rings. The second-order valence-electron chi connectivity index (χ2n) is 5.85. The van der Waals surface area contributed by atoms with E-state index in [0.717, 1.165) is 17.7 Å². The molecule has 2 aromatic carbocycles. The lowest BCUT2D eigenvalue weighted by atomic mass is 10.2. The summed E-state index contributed by atoms with van der Waals surface area (Å²) < 4.78 is 11.3. The fourth-order valence-electron chi connectivity index (χ4n) is 2.60. The molecule has 7 heteroatoms. The molecule has 1 N–H and O–H groups in total. The van der Waals surface area contributed by atoms with E-state index >= 15 is 0 Å². The number of nitrogens with zero attached hydrogens (tertiary/aromatic N) is 1. The molecule has 0 bridgehead atoms. The lowest BCUT2D eigenvalue weighted by Crippen LogP contribution is -3.00. The largest absolute Gasteiger partial charge is 1.00 e. The Morgan fingerprint density at radius 3 is 2.32 bits per heavy atom. The van der Waals surface area contributed by atoms with Gasteiger partial charge in [-0.15, -0.1) is 0 Å². The second kappa shape index (κ2) is 12.5. The van der Waals surface area contributed by atoms with Gasteiger partial charge in [0.05, 0.1) is 12.1 Å². The quantitative estimate of drug-likeness (QED) is 0.470. The molecule has 28 heavy (non-hydrogen) atoms. The van der Waals surface area contributed by atoms with Gasteiger partial charge < -0.3 is 39.6 Å². The Hall–Kier alpha value is -1.98. The van der Waals surface area contributed by atoms with Gasteiger partial charge in [-0.05, 0) is 29.3 Å². The Balaban J connectivity index is 0.00000196. The highest BCUT2D eigenvalue weighted by molar-refractivity contribution is 6.32. The predicted molar refractivity (Wildman–Crippen MR) is 104 cm³/mol. The zero-order valence-corrected chi connectivity index (χ0v) is 17.6. The highest BCUT2D eigenvalue weighted by Crippen LogP contribution is 2.37. The molecule has 0 aliphatic heterocycles. The van der Waals surface area contributed by atoms with E-state index < -0.39 is 0 Å². The number of rotatable bonds is 8. The minimum Gasteiger partial charge on any atom is -1.00 e. The van der Waals surface area contributed by atoms with E-state index in [1.807, 2.05) is 42.5 Å². The molecule has 4 nitrogen and oxygen atoms in total. The van der Waals surface area contributed by atoms with Gasteiger partial charge in [-0.1, -0.05) is 48.0 Å². The van der Waals surface area contributed by atoms with Crippen LogP contribution in [0.5, 0.6) is 11.5 Å². The molecule has 0 radical (unpaired) electrons. The normalized spacial score (nSPS) is 9.79.